The lowest BCUT2D eigenvalue weighted by molar-refractivity contribution is 0.311. The van der Waals surface area contributed by atoms with E-state index in [1.54, 1.807) is 25.3 Å². The monoisotopic (exact) mass is 368 g/mol. The van der Waals surface area contributed by atoms with Crippen LogP contribution < -0.4 is 14.3 Å². The number of methoxy groups -OCH3 is 1. The molecule has 0 spiro atoms. The number of nitrogens with one attached hydrogen (secondary N) is 1. The van der Waals surface area contributed by atoms with Crippen molar-refractivity contribution >= 4 is 27.8 Å². The van der Waals surface area contributed by atoms with Crippen molar-refractivity contribution in [2.75, 3.05) is 13.7 Å². The van der Waals surface area contributed by atoms with Crippen LogP contribution in [0.3, 0.4) is 0 Å². The number of hydrazone groups is 1. The highest BCUT2D eigenvalue weighted by Crippen LogP contribution is 2.27. The Labute approximate surface area is 146 Å². The molecule has 2 aromatic carbocycles. The van der Waals surface area contributed by atoms with E-state index in [4.69, 9.17) is 21.1 Å². The molecule has 24 heavy (non-hydrogen) atoms. The predicted molar refractivity (Wildman–Crippen MR) is 93.5 cm³/mol. The first-order valence-electron chi connectivity index (χ1n) is 7.07. The molecule has 0 heterocycles. The Hall–Kier alpha value is -2.25. The van der Waals surface area contributed by atoms with Crippen molar-refractivity contribution in [1.29, 1.82) is 0 Å². The van der Waals surface area contributed by atoms with Crippen molar-refractivity contribution < 1.29 is 17.9 Å². The summed E-state index contributed by atoms with van der Waals surface area (Å²) in [6.45, 7) is 2.35. The van der Waals surface area contributed by atoms with Gasteiger partial charge in [0.15, 0.2) is 11.5 Å². The van der Waals surface area contributed by atoms with Crippen LogP contribution in [0.1, 0.15) is 12.5 Å². The minimum absolute atomic E-state index is 0.0776. The first-order valence-corrected chi connectivity index (χ1v) is 8.93. The van der Waals surface area contributed by atoms with E-state index in [9.17, 15) is 8.42 Å². The minimum Gasteiger partial charge on any atom is -0.493 e. The van der Waals surface area contributed by atoms with Crippen molar-refractivity contribution in [1.82, 2.24) is 4.83 Å². The number of benzene rings is 2. The molecule has 8 heteroatoms. The Bertz CT molecular complexity index is 820. The van der Waals surface area contributed by atoms with Gasteiger partial charge in [-0.15, -0.1) is 0 Å². The highest BCUT2D eigenvalue weighted by Gasteiger charge is 2.12. The first kappa shape index (κ1) is 18.1. The van der Waals surface area contributed by atoms with Gasteiger partial charge in [-0.1, -0.05) is 11.6 Å². The lowest BCUT2D eigenvalue weighted by atomic mass is 10.2. The summed E-state index contributed by atoms with van der Waals surface area (Å²) < 4.78 is 34.8. The maximum atomic E-state index is 12.1. The second-order valence-corrected chi connectivity index (χ2v) is 6.75. The topological polar surface area (TPSA) is 77.0 Å². The number of hydrogen-bond donors (Lipinski definition) is 1. The number of sulfonamides is 1. The molecule has 0 saturated heterocycles. The van der Waals surface area contributed by atoms with Crippen LogP contribution in [0.25, 0.3) is 0 Å². The normalized spacial score (nSPS) is 11.5. The zero-order valence-electron chi connectivity index (χ0n) is 13.2. The molecule has 0 saturated carbocycles. The van der Waals surface area contributed by atoms with Gasteiger partial charge in [-0.3, -0.25) is 0 Å². The summed E-state index contributed by atoms with van der Waals surface area (Å²) in [6, 6.07) is 11.0. The second kappa shape index (κ2) is 8.03. The van der Waals surface area contributed by atoms with Gasteiger partial charge in [0.1, 0.15) is 0 Å². The van der Waals surface area contributed by atoms with Gasteiger partial charge in [-0.05, 0) is 55.0 Å². The lowest BCUT2D eigenvalue weighted by Gasteiger charge is -2.09. The first-order chi connectivity index (χ1) is 11.5. The summed E-state index contributed by atoms with van der Waals surface area (Å²) in [5.74, 6) is 1.15. The summed E-state index contributed by atoms with van der Waals surface area (Å²) in [7, 11) is -2.20. The number of hydrogen-bond acceptors (Lipinski definition) is 5. The van der Waals surface area contributed by atoms with E-state index >= 15 is 0 Å². The molecule has 128 valence electrons. The fourth-order valence-electron chi connectivity index (χ4n) is 1.88. The molecular weight excluding hydrogens is 352 g/mol. The highest BCUT2D eigenvalue weighted by molar-refractivity contribution is 7.89. The zero-order chi connectivity index (χ0) is 17.6. The van der Waals surface area contributed by atoms with Gasteiger partial charge >= 0.3 is 0 Å². The van der Waals surface area contributed by atoms with Gasteiger partial charge < -0.3 is 9.47 Å². The van der Waals surface area contributed by atoms with Gasteiger partial charge in [-0.25, -0.2) is 4.83 Å². The molecule has 0 bridgehead atoms. The van der Waals surface area contributed by atoms with Crippen molar-refractivity contribution in [2.45, 2.75) is 11.8 Å². The standard InChI is InChI=1S/C16H17ClN2O4S/c1-3-23-16-10-12(4-9-15(16)22-2)11-18-19-24(20,21)14-7-5-13(17)6-8-14/h4-11,19H,3H2,1-2H3/b18-11+. The molecule has 0 aliphatic rings. The molecule has 0 fully saturated rings. The van der Waals surface area contributed by atoms with Crippen molar-refractivity contribution in [3.8, 4) is 11.5 Å². The van der Waals surface area contributed by atoms with Crippen molar-refractivity contribution in [2.24, 2.45) is 5.10 Å². The highest BCUT2D eigenvalue weighted by atomic mass is 35.5. The molecule has 0 aliphatic carbocycles. The molecule has 0 amide bonds. The minimum atomic E-state index is -3.74. The van der Waals surface area contributed by atoms with Crippen molar-refractivity contribution in [3.05, 3.63) is 53.1 Å². The van der Waals surface area contributed by atoms with E-state index in [1.807, 2.05) is 6.92 Å². The maximum Gasteiger partial charge on any atom is 0.276 e. The Morgan fingerprint density at radius 3 is 2.50 bits per heavy atom. The van der Waals surface area contributed by atoms with Gasteiger partial charge in [-0.2, -0.15) is 13.5 Å². The Kier molecular flexibility index (Phi) is 6.05. The van der Waals surface area contributed by atoms with E-state index in [2.05, 4.69) is 9.93 Å². The summed E-state index contributed by atoms with van der Waals surface area (Å²) in [5, 5.41) is 4.23. The van der Waals surface area contributed by atoms with E-state index in [-0.39, 0.29) is 4.90 Å². The fraction of sp³-hybridized carbons (Fsp3) is 0.188. The Morgan fingerprint density at radius 1 is 1.17 bits per heavy atom. The number of ether oxygens (including phenoxy) is 2. The third kappa shape index (κ3) is 4.62. The van der Waals surface area contributed by atoms with Gasteiger partial charge in [0.25, 0.3) is 10.0 Å². The average Bonchev–Trinajstić information content (AvgIpc) is 2.56. The Balaban J connectivity index is 2.13. The van der Waals surface area contributed by atoms with E-state index in [1.165, 1.54) is 30.5 Å². The Morgan fingerprint density at radius 2 is 1.88 bits per heavy atom. The summed E-state index contributed by atoms with van der Waals surface area (Å²) in [6.07, 6.45) is 1.38. The average molecular weight is 369 g/mol. The van der Waals surface area contributed by atoms with E-state index in [0.29, 0.717) is 28.7 Å². The summed E-state index contributed by atoms with van der Waals surface area (Å²) in [4.78, 5) is 2.23. The van der Waals surface area contributed by atoms with Crippen LogP contribution >= 0.6 is 11.6 Å². The molecule has 1 N–H and O–H groups in total. The SMILES string of the molecule is CCOc1cc(/C=N/NS(=O)(=O)c2ccc(Cl)cc2)ccc1OC. The van der Waals surface area contributed by atoms with Crippen LogP contribution in [0.4, 0.5) is 0 Å². The van der Waals surface area contributed by atoms with Crippen LogP contribution in [0.15, 0.2) is 52.5 Å². The molecule has 0 unspecified atom stereocenters. The fourth-order valence-corrected chi connectivity index (χ4v) is 2.80. The summed E-state index contributed by atoms with van der Waals surface area (Å²) in [5.41, 5.74) is 0.665. The van der Waals surface area contributed by atoms with Gasteiger partial charge in [0.05, 0.1) is 24.8 Å². The summed E-state index contributed by atoms with van der Waals surface area (Å²) >= 11 is 5.74. The van der Waals surface area contributed by atoms with Crippen LogP contribution in [0.5, 0.6) is 11.5 Å². The quantitative estimate of drug-likeness (QED) is 0.602. The van der Waals surface area contributed by atoms with Gasteiger partial charge in [0.2, 0.25) is 0 Å². The third-order valence-electron chi connectivity index (χ3n) is 3.00. The van der Waals surface area contributed by atoms with E-state index < -0.39 is 10.0 Å². The molecule has 2 rings (SSSR count). The molecular formula is C16H17ClN2O4S. The van der Waals surface area contributed by atoms with Crippen LogP contribution in [0, 0.1) is 0 Å². The molecule has 2 aromatic rings. The van der Waals surface area contributed by atoms with Crippen LogP contribution in [0.2, 0.25) is 5.02 Å². The van der Waals surface area contributed by atoms with Crippen molar-refractivity contribution in [3.63, 3.8) is 0 Å². The molecule has 0 aliphatic heterocycles. The molecule has 6 nitrogen and oxygen atoms in total. The zero-order valence-corrected chi connectivity index (χ0v) is 14.8. The maximum absolute atomic E-state index is 12.1. The second-order valence-electron chi connectivity index (χ2n) is 4.65. The number of rotatable bonds is 7. The molecule has 0 atom stereocenters. The molecule has 0 radical (unpaired) electrons. The number of nitrogens with zero attached hydrogens (tertiary/aromatic N) is 1. The van der Waals surface area contributed by atoms with Crippen LogP contribution in [-0.4, -0.2) is 28.3 Å². The van der Waals surface area contributed by atoms with Crippen LogP contribution in [-0.2, 0) is 10.0 Å². The largest absolute Gasteiger partial charge is 0.493 e. The third-order valence-corrected chi connectivity index (χ3v) is 4.49. The number of halogens is 1. The van der Waals surface area contributed by atoms with Gasteiger partial charge in [0, 0.05) is 5.02 Å². The van der Waals surface area contributed by atoms with E-state index in [0.717, 1.165) is 0 Å². The molecule has 0 aromatic heterocycles. The predicted octanol–water partition coefficient (Wildman–Crippen LogP) is 3.06. The lowest BCUT2D eigenvalue weighted by Crippen LogP contribution is -2.18. The smallest absolute Gasteiger partial charge is 0.276 e.